The molecule has 0 aliphatic carbocycles. The van der Waals surface area contributed by atoms with E-state index in [1.54, 1.807) is 0 Å². The fraction of sp³-hybridized carbons (Fsp3) is 0.500. The van der Waals surface area contributed by atoms with Crippen LogP contribution in [-0.4, -0.2) is 27.2 Å². The van der Waals surface area contributed by atoms with Gasteiger partial charge in [0.25, 0.3) is 0 Å². The van der Waals surface area contributed by atoms with Gasteiger partial charge in [0, 0.05) is 12.2 Å². The van der Waals surface area contributed by atoms with Crippen LogP contribution in [-0.2, 0) is 4.79 Å². The average Bonchev–Trinajstić information content (AvgIpc) is 2.37. The Balaban J connectivity index is 2.32. The van der Waals surface area contributed by atoms with E-state index in [-0.39, 0.29) is 0 Å². The molecule has 60 valence electrons. The van der Waals surface area contributed by atoms with Crippen molar-refractivity contribution in [1.29, 1.82) is 0 Å². The van der Waals surface area contributed by atoms with Gasteiger partial charge in [-0.15, -0.1) is 5.10 Å². The van der Waals surface area contributed by atoms with Crippen LogP contribution >= 0.6 is 11.8 Å². The van der Waals surface area contributed by atoms with Crippen molar-refractivity contribution in [2.24, 2.45) is 0 Å². The first-order valence-corrected chi connectivity index (χ1v) is 4.27. The average molecular weight is 171 g/mol. The van der Waals surface area contributed by atoms with Crippen LogP contribution in [0.1, 0.15) is 12.2 Å². The van der Waals surface area contributed by atoms with Gasteiger partial charge in [-0.2, -0.15) is 0 Å². The molecule has 1 aromatic heterocycles. The second-order valence-electron chi connectivity index (χ2n) is 2.01. The molecule has 0 atom stereocenters. The Hall–Kier alpha value is -0.840. The van der Waals surface area contributed by atoms with Gasteiger partial charge in [-0.25, -0.2) is 4.98 Å². The Bertz CT molecular complexity index is 235. The number of nitrogens with one attached hydrogen (secondary N) is 1. The van der Waals surface area contributed by atoms with Gasteiger partial charge in [-0.1, -0.05) is 11.8 Å². The zero-order chi connectivity index (χ0) is 8.10. The molecular weight excluding hydrogens is 162 g/mol. The third-order valence-corrected chi connectivity index (χ3v) is 1.92. The lowest BCUT2D eigenvalue weighted by molar-refractivity contribution is -0.107. The summed E-state index contributed by atoms with van der Waals surface area (Å²) in [4.78, 5) is 14.0. The highest BCUT2D eigenvalue weighted by Crippen LogP contribution is 2.11. The fourth-order valence-corrected chi connectivity index (χ4v) is 1.29. The van der Waals surface area contributed by atoms with Crippen molar-refractivity contribution in [3.63, 3.8) is 0 Å². The quantitative estimate of drug-likeness (QED) is 0.413. The number of carbonyl (C=O) groups is 1. The monoisotopic (exact) mass is 171 g/mol. The lowest BCUT2D eigenvalue weighted by Crippen LogP contribution is -1.81. The van der Waals surface area contributed by atoms with Crippen LogP contribution in [0.5, 0.6) is 0 Å². The Morgan fingerprint density at radius 1 is 1.73 bits per heavy atom. The van der Waals surface area contributed by atoms with Crippen LogP contribution in [0.25, 0.3) is 0 Å². The molecule has 0 saturated carbocycles. The van der Waals surface area contributed by atoms with Crippen molar-refractivity contribution in [2.45, 2.75) is 18.5 Å². The third-order valence-electron chi connectivity index (χ3n) is 1.04. The lowest BCUT2D eigenvalue weighted by Gasteiger charge is -1.87. The number of hydrogen-bond donors (Lipinski definition) is 1. The highest BCUT2D eigenvalue weighted by molar-refractivity contribution is 7.99. The maximum Gasteiger partial charge on any atom is 0.208 e. The molecule has 1 rings (SSSR count). The highest BCUT2D eigenvalue weighted by atomic mass is 32.2. The summed E-state index contributed by atoms with van der Waals surface area (Å²) in [5, 5.41) is 7.34. The van der Waals surface area contributed by atoms with Gasteiger partial charge in [-0.05, 0) is 6.92 Å². The van der Waals surface area contributed by atoms with Crippen LogP contribution in [0.4, 0.5) is 0 Å². The number of nitrogens with zero attached hydrogens (tertiary/aromatic N) is 2. The SMILES string of the molecule is Cc1nc(SCCC=O)n[nH]1. The molecule has 0 fully saturated rings. The summed E-state index contributed by atoms with van der Waals surface area (Å²) in [7, 11) is 0. The van der Waals surface area contributed by atoms with E-state index in [0.29, 0.717) is 11.6 Å². The molecule has 0 spiro atoms. The first-order valence-electron chi connectivity index (χ1n) is 3.28. The number of carbonyl (C=O) groups excluding carboxylic acids is 1. The normalized spacial score (nSPS) is 9.91. The maximum absolute atomic E-state index is 9.94. The number of thioether (sulfide) groups is 1. The highest BCUT2D eigenvalue weighted by Gasteiger charge is 1.98. The molecule has 0 radical (unpaired) electrons. The predicted octanol–water partition coefficient (Wildman–Crippen LogP) is 0.794. The van der Waals surface area contributed by atoms with E-state index in [0.717, 1.165) is 17.9 Å². The molecule has 0 aliphatic heterocycles. The summed E-state index contributed by atoms with van der Waals surface area (Å²) in [5.74, 6) is 1.56. The summed E-state index contributed by atoms with van der Waals surface area (Å²) in [6, 6.07) is 0. The van der Waals surface area contributed by atoms with Crippen LogP contribution in [0.2, 0.25) is 0 Å². The lowest BCUT2D eigenvalue weighted by atomic mass is 10.6. The Morgan fingerprint density at radius 2 is 2.55 bits per heavy atom. The minimum absolute atomic E-state index is 0.554. The molecule has 0 unspecified atom stereocenters. The van der Waals surface area contributed by atoms with Crippen molar-refractivity contribution in [1.82, 2.24) is 15.2 Å². The smallest absolute Gasteiger partial charge is 0.208 e. The zero-order valence-corrected chi connectivity index (χ0v) is 7.02. The fourth-order valence-electron chi connectivity index (χ4n) is 0.585. The molecule has 4 nitrogen and oxygen atoms in total. The van der Waals surface area contributed by atoms with Gasteiger partial charge in [0.2, 0.25) is 5.16 Å². The molecule has 0 aromatic carbocycles. The van der Waals surface area contributed by atoms with Crippen LogP contribution in [0, 0.1) is 6.92 Å². The van der Waals surface area contributed by atoms with E-state index < -0.39 is 0 Å². The molecule has 0 aliphatic rings. The first-order chi connectivity index (χ1) is 5.33. The Labute approximate surface area is 68.8 Å². The van der Waals surface area contributed by atoms with Gasteiger partial charge >= 0.3 is 0 Å². The number of hydrogen-bond acceptors (Lipinski definition) is 4. The third kappa shape index (κ3) is 2.71. The van der Waals surface area contributed by atoms with E-state index in [1.165, 1.54) is 11.8 Å². The number of rotatable bonds is 4. The maximum atomic E-state index is 9.94. The summed E-state index contributed by atoms with van der Waals surface area (Å²) in [5.41, 5.74) is 0. The number of aryl methyl sites for hydroxylation is 1. The largest absolute Gasteiger partial charge is 0.303 e. The molecule has 1 N–H and O–H groups in total. The predicted molar refractivity (Wildman–Crippen MR) is 42.5 cm³/mol. The topological polar surface area (TPSA) is 58.6 Å². The molecule has 0 amide bonds. The molecule has 0 saturated heterocycles. The van der Waals surface area contributed by atoms with Crippen molar-refractivity contribution in [3.8, 4) is 0 Å². The zero-order valence-electron chi connectivity index (χ0n) is 6.20. The van der Waals surface area contributed by atoms with E-state index in [9.17, 15) is 4.79 Å². The van der Waals surface area contributed by atoms with Gasteiger partial charge in [0.15, 0.2) is 0 Å². The van der Waals surface area contributed by atoms with Gasteiger partial charge in [0.1, 0.15) is 12.1 Å². The molecule has 1 aromatic rings. The Kier molecular flexibility index (Phi) is 3.10. The van der Waals surface area contributed by atoms with Crippen LogP contribution < -0.4 is 0 Å². The second kappa shape index (κ2) is 4.12. The minimum Gasteiger partial charge on any atom is -0.303 e. The van der Waals surface area contributed by atoms with Crippen molar-refractivity contribution in [3.05, 3.63) is 5.82 Å². The van der Waals surface area contributed by atoms with E-state index in [1.807, 2.05) is 6.92 Å². The Morgan fingerprint density at radius 3 is 3.09 bits per heavy atom. The number of H-pyrrole nitrogens is 1. The van der Waals surface area contributed by atoms with Gasteiger partial charge in [-0.3, -0.25) is 5.10 Å². The molecule has 5 heteroatoms. The number of aromatic amines is 1. The summed E-state index contributed by atoms with van der Waals surface area (Å²) in [6.45, 7) is 1.84. The van der Waals surface area contributed by atoms with Crippen molar-refractivity contribution >= 4 is 18.0 Å². The summed E-state index contributed by atoms with van der Waals surface area (Å²) >= 11 is 1.48. The standard InChI is InChI=1S/C6H9N3OS/c1-5-7-6(9-8-5)11-4-2-3-10/h3H,2,4H2,1H3,(H,7,8,9). The summed E-state index contributed by atoms with van der Waals surface area (Å²) in [6.07, 6.45) is 1.45. The van der Waals surface area contributed by atoms with E-state index >= 15 is 0 Å². The summed E-state index contributed by atoms with van der Waals surface area (Å²) < 4.78 is 0. The van der Waals surface area contributed by atoms with E-state index in [2.05, 4.69) is 15.2 Å². The second-order valence-corrected chi connectivity index (χ2v) is 3.07. The van der Waals surface area contributed by atoms with Crippen LogP contribution in [0.3, 0.4) is 0 Å². The van der Waals surface area contributed by atoms with Crippen LogP contribution in [0.15, 0.2) is 5.16 Å². The molecule has 11 heavy (non-hydrogen) atoms. The number of aromatic nitrogens is 3. The number of aldehydes is 1. The molecule has 0 bridgehead atoms. The molecule has 1 heterocycles. The molecular formula is C6H9N3OS. The van der Waals surface area contributed by atoms with Crippen molar-refractivity contribution in [2.75, 3.05) is 5.75 Å². The van der Waals surface area contributed by atoms with E-state index in [4.69, 9.17) is 0 Å². The first kappa shape index (κ1) is 8.26. The van der Waals surface area contributed by atoms with Crippen molar-refractivity contribution < 1.29 is 4.79 Å². The van der Waals surface area contributed by atoms with Gasteiger partial charge < -0.3 is 4.79 Å². The van der Waals surface area contributed by atoms with Gasteiger partial charge in [0.05, 0.1) is 0 Å². The minimum atomic E-state index is 0.554.